The van der Waals surface area contributed by atoms with Gasteiger partial charge in [-0.05, 0) is 34.1 Å². The molecule has 6 heteroatoms. The lowest BCUT2D eigenvalue weighted by Crippen LogP contribution is -2.12. The van der Waals surface area contributed by atoms with Crippen LogP contribution in [0, 0.1) is 0 Å². The number of hydrogen-bond acceptors (Lipinski definition) is 4. The van der Waals surface area contributed by atoms with E-state index in [1.165, 1.54) is 0 Å². The number of anilines is 1. The molecule has 0 radical (unpaired) electrons. The van der Waals surface area contributed by atoms with Gasteiger partial charge < -0.3 is 9.26 Å². The largest absolute Gasteiger partial charge is 0.496 e. The summed E-state index contributed by atoms with van der Waals surface area (Å²) >= 11 is 3.35. The van der Waals surface area contributed by atoms with Crippen molar-refractivity contribution in [1.82, 2.24) is 5.16 Å². The lowest BCUT2D eigenvalue weighted by molar-refractivity contribution is 0.102. The van der Waals surface area contributed by atoms with Gasteiger partial charge in [0, 0.05) is 17.0 Å². The fourth-order valence-corrected chi connectivity index (χ4v) is 2.22. The quantitative estimate of drug-likeness (QED) is 0.906. The van der Waals surface area contributed by atoms with Gasteiger partial charge in [-0.25, -0.2) is 0 Å². The van der Waals surface area contributed by atoms with E-state index in [9.17, 15) is 4.79 Å². The summed E-state index contributed by atoms with van der Waals surface area (Å²) in [4.78, 5) is 12.2. The lowest BCUT2D eigenvalue weighted by atomic mass is 9.92. The van der Waals surface area contributed by atoms with E-state index in [1.807, 2.05) is 20.8 Å². The van der Waals surface area contributed by atoms with Gasteiger partial charge in [0.15, 0.2) is 0 Å². The van der Waals surface area contributed by atoms with Gasteiger partial charge in [0.05, 0.1) is 17.3 Å². The van der Waals surface area contributed by atoms with Crippen molar-refractivity contribution >= 4 is 27.7 Å². The Morgan fingerprint density at radius 2 is 2.05 bits per heavy atom. The number of methoxy groups -OCH3 is 1. The summed E-state index contributed by atoms with van der Waals surface area (Å²) in [6, 6.07) is 6.83. The highest BCUT2D eigenvalue weighted by Crippen LogP contribution is 2.27. The topological polar surface area (TPSA) is 64.4 Å². The number of benzene rings is 1. The van der Waals surface area contributed by atoms with Crippen LogP contribution in [0.4, 0.5) is 5.88 Å². The van der Waals surface area contributed by atoms with E-state index in [4.69, 9.17) is 9.26 Å². The normalized spacial score (nSPS) is 11.3. The lowest BCUT2D eigenvalue weighted by Gasteiger charge is -2.12. The van der Waals surface area contributed by atoms with Crippen molar-refractivity contribution in [1.29, 1.82) is 0 Å². The van der Waals surface area contributed by atoms with Gasteiger partial charge in [-0.1, -0.05) is 25.9 Å². The number of carbonyl (C=O) groups is 1. The van der Waals surface area contributed by atoms with Crippen LogP contribution >= 0.6 is 15.9 Å². The second kappa shape index (κ2) is 5.89. The zero-order chi connectivity index (χ0) is 15.6. The molecule has 0 aliphatic rings. The third kappa shape index (κ3) is 3.64. The monoisotopic (exact) mass is 352 g/mol. The summed E-state index contributed by atoms with van der Waals surface area (Å²) < 4.78 is 11.0. The highest BCUT2D eigenvalue weighted by Gasteiger charge is 2.20. The van der Waals surface area contributed by atoms with Gasteiger partial charge in [0.2, 0.25) is 5.88 Å². The summed E-state index contributed by atoms with van der Waals surface area (Å²) in [5.74, 6) is 0.730. The number of nitrogens with zero attached hydrogens (tertiary/aromatic N) is 1. The van der Waals surface area contributed by atoms with E-state index in [0.717, 1.165) is 5.69 Å². The predicted octanol–water partition coefficient (Wildman–Crippen LogP) is 4.00. The van der Waals surface area contributed by atoms with Crippen molar-refractivity contribution in [3.05, 3.63) is 40.0 Å². The van der Waals surface area contributed by atoms with Crippen molar-refractivity contribution in [2.45, 2.75) is 26.2 Å². The fraction of sp³-hybridized carbons (Fsp3) is 0.333. The molecule has 0 saturated heterocycles. The molecule has 1 aromatic heterocycles. The highest BCUT2D eigenvalue weighted by molar-refractivity contribution is 9.10. The molecule has 2 aromatic rings. The second-order valence-corrected chi connectivity index (χ2v) is 6.48. The molecule has 0 spiro atoms. The van der Waals surface area contributed by atoms with Gasteiger partial charge in [-0.15, -0.1) is 0 Å². The molecule has 21 heavy (non-hydrogen) atoms. The van der Waals surface area contributed by atoms with Crippen molar-refractivity contribution in [3.63, 3.8) is 0 Å². The first kappa shape index (κ1) is 15.6. The molecule has 0 aliphatic carbocycles. The molecule has 0 fully saturated rings. The number of rotatable bonds is 3. The minimum atomic E-state index is -0.269. The smallest absolute Gasteiger partial charge is 0.258 e. The van der Waals surface area contributed by atoms with Gasteiger partial charge in [0.25, 0.3) is 5.91 Å². The number of halogens is 1. The van der Waals surface area contributed by atoms with E-state index >= 15 is 0 Å². The third-order valence-electron chi connectivity index (χ3n) is 2.93. The number of hydrogen-bond donors (Lipinski definition) is 1. The standard InChI is InChI=1S/C15H17BrN2O3/c1-15(2,3)12-8-13(21-18-12)17-14(19)9-5-6-11(20-4)10(16)7-9/h5-8H,1-4H3,(H,17,19). The molecule has 112 valence electrons. The average Bonchev–Trinajstić information content (AvgIpc) is 2.87. The maximum atomic E-state index is 12.2. The summed E-state index contributed by atoms with van der Waals surface area (Å²) in [5.41, 5.74) is 1.15. The Morgan fingerprint density at radius 3 is 2.57 bits per heavy atom. The van der Waals surface area contributed by atoms with Crippen molar-refractivity contribution < 1.29 is 14.1 Å². The molecule has 0 unspecified atom stereocenters. The third-order valence-corrected chi connectivity index (χ3v) is 3.55. The highest BCUT2D eigenvalue weighted by atomic mass is 79.9. The van der Waals surface area contributed by atoms with E-state index in [2.05, 4.69) is 26.4 Å². The van der Waals surface area contributed by atoms with Crippen LogP contribution in [-0.2, 0) is 5.41 Å². The molecular formula is C15H17BrN2O3. The SMILES string of the molecule is COc1ccc(C(=O)Nc2cc(C(C)(C)C)no2)cc1Br. The minimum absolute atomic E-state index is 0.129. The van der Waals surface area contributed by atoms with Crippen LogP contribution < -0.4 is 10.1 Å². The summed E-state index contributed by atoms with van der Waals surface area (Å²) in [6.45, 7) is 6.07. The molecule has 0 saturated carbocycles. The number of amides is 1. The van der Waals surface area contributed by atoms with Crippen molar-refractivity contribution in [3.8, 4) is 5.75 Å². The number of nitrogens with one attached hydrogen (secondary N) is 1. The molecule has 1 aromatic carbocycles. The molecule has 5 nitrogen and oxygen atoms in total. The molecular weight excluding hydrogens is 336 g/mol. The number of aromatic nitrogens is 1. The van der Waals surface area contributed by atoms with Crippen LogP contribution in [0.3, 0.4) is 0 Å². The first-order chi connectivity index (χ1) is 9.81. The first-order valence-electron chi connectivity index (χ1n) is 6.43. The van der Waals surface area contributed by atoms with E-state index in [0.29, 0.717) is 21.7 Å². The molecule has 1 N–H and O–H groups in total. The van der Waals surface area contributed by atoms with Crippen LogP contribution in [0.2, 0.25) is 0 Å². The minimum Gasteiger partial charge on any atom is -0.496 e. The number of carbonyl (C=O) groups excluding carboxylic acids is 1. The Hall–Kier alpha value is -1.82. The van der Waals surface area contributed by atoms with Crippen LogP contribution in [0.15, 0.2) is 33.3 Å². The second-order valence-electron chi connectivity index (χ2n) is 5.63. The summed E-state index contributed by atoms with van der Waals surface area (Å²) in [6.07, 6.45) is 0. The van der Waals surface area contributed by atoms with Gasteiger partial charge in [0.1, 0.15) is 5.75 Å². The zero-order valence-electron chi connectivity index (χ0n) is 12.4. The van der Waals surface area contributed by atoms with Crippen LogP contribution in [0.1, 0.15) is 36.8 Å². The Balaban J connectivity index is 2.14. The molecule has 1 heterocycles. The maximum absolute atomic E-state index is 12.2. The molecule has 0 bridgehead atoms. The maximum Gasteiger partial charge on any atom is 0.258 e. The first-order valence-corrected chi connectivity index (χ1v) is 7.22. The van der Waals surface area contributed by atoms with Gasteiger partial charge in [-0.3, -0.25) is 10.1 Å². The van der Waals surface area contributed by atoms with Crippen LogP contribution in [-0.4, -0.2) is 18.2 Å². The Labute approximate surface area is 131 Å². The predicted molar refractivity (Wildman–Crippen MR) is 83.9 cm³/mol. The molecule has 0 atom stereocenters. The van der Waals surface area contributed by atoms with Gasteiger partial charge in [-0.2, -0.15) is 0 Å². The fourth-order valence-electron chi connectivity index (χ4n) is 1.68. The Kier molecular flexibility index (Phi) is 4.37. The van der Waals surface area contributed by atoms with Crippen LogP contribution in [0.5, 0.6) is 5.75 Å². The molecule has 2 rings (SSSR count). The van der Waals surface area contributed by atoms with Crippen molar-refractivity contribution in [2.24, 2.45) is 0 Å². The van der Waals surface area contributed by atoms with Crippen molar-refractivity contribution in [2.75, 3.05) is 12.4 Å². The van der Waals surface area contributed by atoms with E-state index in [-0.39, 0.29) is 11.3 Å². The summed E-state index contributed by atoms with van der Waals surface area (Å²) in [5, 5.41) is 6.65. The molecule has 1 amide bonds. The van der Waals surface area contributed by atoms with Crippen LogP contribution in [0.25, 0.3) is 0 Å². The summed E-state index contributed by atoms with van der Waals surface area (Å²) in [7, 11) is 1.57. The number of ether oxygens (including phenoxy) is 1. The zero-order valence-corrected chi connectivity index (χ0v) is 13.9. The average molecular weight is 353 g/mol. The molecule has 0 aliphatic heterocycles. The van der Waals surface area contributed by atoms with E-state index < -0.39 is 0 Å². The Bertz CT molecular complexity index is 659. The van der Waals surface area contributed by atoms with Gasteiger partial charge >= 0.3 is 0 Å². The van der Waals surface area contributed by atoms with E-state index in [1.54, 1.807) is 31.4 Å². The Morgan fingerprint density at radius 1 is 1.33 bits per heavy atom.